The Kier molecular flexibility index (Phi) is 7.02. The minimum Gasteiger partial charge on any atom is -0.338 e. The largest absolute Gasteiger partial charge is 0.338 e. The van der Waals surface area contributed by atoms with Crippen molar-refractivity contribution < 1.29 is 19.6 Å². The van der Waals surface area contributed by atoms with Crippen molar-refractivity contribution in [3.63, 3.8) is 0 Å². The van der Waals surface area contributed by atoms with E-state index in [1.165, 1.54) is 17.3 Å². The van der Waals surface area contributed by atoms with Gasteiger partial charge in [0, 0.05) is 45.1 Å². The van der Waals surface area contributed by atoms with Gasteiger partial charge in [0.2, 0.25) is 5.95 Å². The lowest BCUT2D eigenvalue weighted by atomic mass is 10.1. The predicted octanol–water partition coefficient (Wildman–Crippen LogP) is 2.10. The van der Waals surface area contributed by atoms with Crippen molar-refractivity contribution in [1.29, 1.82) is 0 Å². The summed E-state index contributed by atoms with van der Waals surface area (Å²) in [5, 5.41) is 8.75. The number of rotatable bonds is 7. The highest BCUT2D eigenvalue weighted by Gasteiger charge is 2.39. The average Bonchev–Trinajstić information content (AvgIpc) is 3.21. The van der Waals surface area contributed by atoms with E-state index in [0.29, 0.717) is 49.8 Å². The van der Waals surface area contributed by atoms with Crippen LogP contribution >= 0.6 is 0 Å². The van der Waals surface area contributed by atoms with Crippen molar-refractivity contribution in [3.8, 4) is 0 Å². The molecule has 1 aromatic heterocycles. The average molecular weight is 499 g/mol. The third kappa shape index (κ3) is 5.11. The van der Waals surface area contributed by atoms with Crippen LogP contribution in [0.3, 0.4) is 0 Å². The fourth-order valence-corrected chi connectivity index (χ4v) is 4.59. The smallest absolute Gasteiger partial charge is 0.277 e. The first-order valence-corrected chi connectivity index (χ1v) is 12.0. The van der Waals surface area contributed by atoms with Gasteiger partial charge in [0.05, 0.1) is 22.7 Å². The third-order valence-corrected chi connectivity index (χ3v) is 6.57. The van der Waals surface area contributed by atoms with Crippen LogP contribution in [-0.4, -0.2) is 81.5 Å². The Balaban J connectivity index is 1.30. The third-order valence-electron chi connectivity index (χ3n) is 6.57. The number of hydroxylamine groups is 1. The molecule has 2 aliphatic heterocycles. The van der Waals surface area contributed by atoms with E-state index >= 15 is 0 Å². The molecule has 2 aromatic carbocycles. The summed E-state index contributed by atoms with van der Waals surface area (Å²) in [5.41, 5.74) is 3.59. The van der Waals surface area contributed by atoms with Gasteiger partial charge < -0.3 is 4.90 Å². The van der Waals surface area contributed by atoms with Crippen LogP contribution in [-0.2, 0) is 0 Å². The summed E-state index contributed by atoms with van der Waals surface area (Å²) < 4.78 is 0. The van der Waals surface area contributed by atoms with Crippen LogP contribution in [0.25, 0.3) is 6.08 Å². The van der Waals surface area contributed by atoms with Crippen LogP contribution in [0.15, 0.2) is 73.1 Å². The molecule has 0 saturated carbocycles. The van der Waals surface area contributed by atoms with Gasteiger partial charge in [-0.05, 0) is 17.7 Å². The Hall–Kier alpha value is -4.41. The number of amides is 3. The predicted molar refractivity (Wildman–Crippen MR) is 136 cm³/mol. The molecule has 1 unspecified atom stereocenters. The maximum Gasteiger partial charge on any atom is 0.277 e. The molecular formula is C27H26N6O4. The van der Waals surface area contributed by atoms with Crippen LogP contribution in [0.1, 0.15) is 36.6 Å². The molecule has 188 valence electrons. The molecule has 0 aliphatic carbocycles. The maximum atomic E-state index is 13.2. The van der Waals surface area contributed by atoms with E-state index in [9.17, 15) is 14.4 Å². The number of piperazine rings is 1. The number of imide groups is 1. The Morgan fingerprint density at radius 2 is 1.51 bits per heavy atom. The van der Waals surface area contributed by atoms with Crippen LogP contribution in [0, 0.1) is 0 Å². The maximum absolute atomic E-state index is 13.2. The van der Waals surface area contributed by atoms with Gasteiger partial charge in [-0.15, -0.1) is 0 Å². The van der Waals surface area contributed by atoms with Crippen LogP contribution in [0.5, 0.6) is 0 Å². The number of benzene rings is 2. The van der Waals surface area contributed by atoms with Gasteiger partial charge in [0.1, 0.15) is 0 Å². The van der Waals surface area contributed by atoms with Gasteiger partial charge in [-0.25, -0.2) is 15.4 Å². The summed E-state index contributed by atoms with van der Waals surface area (Å²) >= 11 is 0. The Morgan fingerprint density at radius 3 is 2.11 bits per heavy atom. The minimum atomic E-state index is -0.667. The summed E-state index contributed by atoms with van der Waals surface area (Å²) in [5.74, 6) is -0.723. The van der Waals surface area contributed by atoms with E-state index in [2.05, 4.69) is 14.9 Å². The number of hydrogen-bond acceptors (Lipinski definition) is 8. The van der Waals surface area contributed by atoms with E-state index in [1.807, 2.05) is 47.4 Å². The first-order chi connectivity index (χ1) is 18.0. The number of carbonyl (C=O) groups is 3. The molecule has 0 bridgehead atoms. The second-order valence-corrected chi connectivity index (χ2v) is 8.86. The van der Waals surface area contributed by atoms with Crippen molar-refractivity contribution in [3.05, 3.63) is 95.3 Å². The molecule has 1 atom stereocenters. The fourth-order valence-electron chi connectivity index (χ4n) is 4.59. The molecule has 0 radical (unpaired) electrons. The molecule has 5 rings (SSSR count). The molecule has 3 aromatic rings. The Morgan fingerprint density at radius 1 is 0.919 bits per heavy atom. The topological polar surface area (TPSA) is 119 Å². The molecule has 1 saturated heterocycles. The normalized spacial score (nSPS) is 16.8. The number of hydrogen-bond donors (Lipinski definition) is 2. The van der Waals surface area contributed by atoms with Crippen molar-refractivity contribution in [1.82, 2.24) is 25.2 Å². The van der Waals surface area contributed by atoms with Gasteiger partial charge in [-0.1, -0.05) is 54.6 Å². The standard InChI is InChI=1S/C27H26N6O4/c34-24(30-37)20-16-28-27(29-17-20)32-14-12-31(13-15-32)18-21(11-10-19-6-2-1-3-7-19)33-25(35)22-8-4-5-9-23(22)26(33)36/h1-11,16-17,21,37H,12-15,18H2,(H,30,34)/b11-10+. The van der Waals surface area contributed by atoms with E-state index in [-0.39, 0.29) is 17.4 Å². The van der Waals surface area contributed by atoms with Gasteiger partial charge >= 0.3 is 0 Å². The van der Waals surface area contributed by atoms with Crippen molar-refractivity contribution in [2.45, 2.75) is 6.04 Å². The minimum absolute atomic E-state index is 0.166. The zero-order valence-electron chi connectivity index (χ0n) is 20.0. The summed E-state index contributed by atoms with van der Waals surface area (Å²) in [4.78, 5) is 52.0. The SMILES string of the molecule is O=C(NO)c1cnc(N2CCN(CC(/C=C/c3ccccc3)N3C(=O)c4ccccc4C3=O)CC2)nc1. The summed E-state index contributed by atoms with van der Waals surface area (Å²) in [7, 11) is 0. The zero-order chi connectivity index (χ0) is 25.8. The highest BCUT2D eigenvalue weighted by atomic mass is 16.5. The van der Waals surface area contributed by atoms with Gasteiger partial charge in [0.25, 0.3) is 17.7 Å². The molecule has 10 heteroatoms. The summed E-state index contributed by atoms with van der Waals surface area (Å²) in [6, 6.07) is 16.3. The first kappa shape index (κ1) is 24.3. The highest BCUT2D eigenvalue weighted by Crippen LogP contribution is 2.26. The second-order valence-electron chi connectivity index (χ2n) is 8.86. The lowest BCUT2D eigenvalue weighted by Gasteiger charge is -2.37. The number of aromatic nitrogens is 2. The van der Waals surface area contributed by atoms with Crippen molar-refractivity contribution >= 4 is 29.7 Å². The second kappa shape index (κ2) is 10.7. The van der Waals surface area contributed by atoms with E-state index in [1.54, 1.807) is 29.7 Å². The van der Waals surface area contributed by atoms with Crippen LogP contribution < -0.4 is 10.4 Å². The molecule has 0 spiro atoms. The molecule has 2 aliphatic rings. The molecule has 1 fully saturated rings. The summed E-state index contributed by atoms with van der Waals surface area (Å²) in [6.45, 7) is 3.15. The summed E-state index contributed by atoms with van der Waals surface area (Å²) in [6.07, 6.45) is 6.61. The lowest BCUT2D eigenvalue weighted by Crippen LogP contribution is -2.52. The van der Waals surface area contributed by atoms with Crippen molar-refractivity contribution in [2.24, 2.45) is 0 Å². The molecule has 10 nitrogen and oxygen atoms in total. The van der Waals surface area contributed by atoms with E-state index in [4.69, 9.17) is 5.21 Å². The molecule has 3 heterocycles. The molecule has 2 N–H and O–H groups in total. The Bertz CT molecular complexity index is 1290. The molecular weight excluding hydrogens is 472 g/mol. The Labute approximate surface area is 213 Å². The first-order valence-electron chi connectivity index (χ1n) is 12.0. The van der Waals surface area contributed by atoms with Gasteiger partial charge in [-0.3, -0.25) is 29.4 Å². The molecule has 37 heavy (non-hydrogen) atoms. The fraction of sp³-hybridized carbons (Fsp3) is 0.222. The quantitative estimate of drug-likeness (QED) is 0.289. The monoisotopic (exact) mass is 498 g/mol. The number of fused-ring (bicyclic) bond motifs is 1. The zero-order valence-corrected chi connectivity index (χ0v) is 20.0. The van der Waals surface area contributed by atoms with Crippen molar-refractivity contribution in [2.75, 3.05) is 37.6 Å². The number of carbonyl (C=O) groups excluding carboxylic acids is 3. The van der Waals surface area contributed by atoms with E-state index < -0.39 is 11.9 Å². The van der Waals surface area contributed by atoms with Crippen LogP contribution in [0.4, 0.5) is 5.95 Å². The number of nitrogens with one attached hydrogen (secondary N) is 1. The molecule has 3 amide bonds. The lowest BCUT2D eigenvalue weighted by molar-refractivity contribution is 0.0581. The number of nitrogens with zero attached hydrogens (tertiary/aromatic N) is 5. The number of anilines is 1. The van der Waals surface area contributed by atoms with Gasteiger partial charge in [-0.2, -0.15) is 0 Å². The highest BCUT2D eigenvalue weighted by molar-refractivity contribution is 6.21. The van der Waals surface area contributed by atoms with E-state index in [0.717, 1.165) is 5.56 Å². The van der Waals surface area contributed by atoms with Gasteiger partial charge in [0.15, 0.2) is 0 Å². The van der Waals surface area contributed by atoms with Crippen LogP contribution in [0.2, 0.25) is 0 Å².